The van der Waals surface area contributed by atoms with Gasteiger partial charge in [0, 0.05) is 19.6 Å². The highest BCUT2D eigenvalue weighted by Crippen LogP contribution is 2.14. The van der Waals surface area contributed by atoms with Crippen LogP contribution in [0.2, 0.25) is 0 Å². The van der Waals surface area contributed by atoms with Gasteiger partial charge in [-0.1, -0.05) is 6.92 Å². The van der Waals surface area contributed by atoms with Gasteiger partial charge in [-0.3, -0.25) is 4.99 Å². The van der Waals surface area contributed by atoms with Gasteiger partial charge in [-0.15, -0.1) is 0 Å². The van der Waals surface area contributed by atoms with Gasteiger partial charge in [0.25, 0.3) is 0 Å². The van der Waals surface area contributed by atoms with E-state index in [1.807, 2.05) is 7.05 Å². The fourth-order valence-electron chi connectivity index (χ4n) is 2.04. The zero-order valence-electron chi connectivity index (χ0n) is 11.8. The van der Waals surface area contributed by atoms with Crippen molar-refractivity contribution < 1.29 is 0 Å². The molecule has 1 saturated heterocycles. The van der Waals surface area contributed by atoms with Gasteiger partial charge in [0.2, 0.25) is 0 Å². The van der Waals surface area contributed by atoms with E-state index in [0.717, 1.165) is 24.8 Å². The van der Waals surface area contributed by atoms with Gasteiger partial charge in [0.05, 0.1) is 0 Å². The van der Waals surface area contributed by atoms with Crippen LogP contribution >= 0.6 is 0 Å². The minimum absolute atomic E-state index is 0.485. The van der Waals surface area contributed by atoms with Crippen molar-refractivity contribution in [1.82, 2.24) is 15.5 Å². The molecule has 100 valence electrons. The van der Waals surface area contributed by atoms with Crippen molar-refractivity contribution >= 4 is 5.96 Å². The monoisotopic (exact) mass is 240 g/mol. The lowest BCUT2D eigenvalue weighted by atomic mass is 9.97. The molecule has 1 rings (SSSR count). The second-order valence-electron chi connectivity index (χ2n) is 5.15. The molecule has 1 unspecified atom stereocenters. The normalized spacial score (nSPS) is 21.3. The zero-order valence-corrected chi connectivity index (χ0v) is 11.8. The Hall–Kier alpha value is -0.770. The summed E-state index contributed by atoms with van der Waals surface area (Å²) in [5.74, 6) is 1.74. The van der Waals surface area contributed by atoms with Crippen LogP contribution < -0.4 is 10.6 Å². The van der Waals surface area contributed by atoms with Crippen LogP contribution in [0.1, 0.15) is 33.1 Å². The summed E-state index contributed by atoms with van der Waals surface area (Å²) in [6, 6.07) is 0.485. The van der Waals surface area contributed by atoms with Gasteiger partial charge in [0.15, 0.2) is 5.96 Å². The lowest BCUT2D eigenvalue weighted by molar-refractivity contribution is 0.220. The summed E-state index contributed by atoms with van der Waals surface area (Å²) in [4.78, 5) is 6.66. The summed E-state index contributed by atoms with van der Waals surface area (Å²) in [6.45, 7) is 7.86. The summed E-state index contributed by atoms with van der Waals surface area (Å²) in [7, 11) is 4.04. The molecule has 1 atom stereocenters. The summed E-state index contributed by atoms with van der Waals surface area (Å²) in [6.07, 6.45) is 3.71. The van der Waals surface area contributed by atoms with Crippen LogP contribution in [-0.4, -0.2) is 50.6 Å². The molecule has 1 fully saturated rings. The molecule has 0 aromatic carbocycles. The second kappa shape index (κ2) is 7.54. The van der Waals surface area contributed by atoms with E-state index >= 15 is 0 Å². The zero-order chi connectivity index (χ0) is 12.7. The largest absolute Gasteiger partial charge is 0.356 e. The number of piperidine rings is 1. The lowest BCUT2D eigenvalue weighted by Gasteiger charge is -2.29. The molecule has 2 N–H and O–H groups in total. The Morgan fingerprint density at radius 3 is 2.59 bits per heavy atom. The van der Waals surface area contributed by atoms with E-state index in [2.05, 4.69) is 41.4 Å². The van der Waals surface area contributed by atoms with Gasteiger partial charge in [-0.05, 0) is 52.2 Å². The molecule has 17 heavy (non-hydrogen) atoms. The smallest absolute Gasteiger partial charge is 0.191 e. The number of rotatable bonds is 4. The molecule has 0 aromatic heterocycles. The van der Waals surface area contributed by atoms with Gasteiger partial charge in [-0.2, -0.15) is 0 Å². The SMILES string of the molecule is CCC(C)NC(=NC)NCC1CCN(C)CC1. The number of nitrogens with zero attached hydrogens (tertiary/aromatic N) is 2. The van der Waals surface area contributed by atoms with E-state index < -0.39 is 0 Å². The number of likely N-dealkylation sites (tertiary alicyclic amines) is 1. The molecule has 4 nitrogen and oxygen atoms in total. The van der Waals surface area contributed by atoms with Crippen LogP contribution in [0.15, 0.2) is 4.99 Å². The first-order valence-electron chi connectivity index (χ1n) is 6.81. The number of nitrogens with one attached hydrogen (secondary N) is 2. The first kappa shape index (κ1) is 14.3. The maximum Gasteiger partial charge on any atom is 0.191 e. The number of hydrogen-bond acceptors (Lipinski definition) is 2. The lowest BCUT2D eigenvalue weighted by Crippen LogP contribution is -2.45. The van der Waals surface area contributed by atoms with E-state index in [4.69, 9.17) is 0 Å². The van der Waals surface area contributed by atoms with Gasteiger partial charge < -0.3 is 15.5 Å². The minimum atomic E-state index is 0.485. The molecule has 1 heterocycles. The van der Waals surface area contributed by atoms with Crippen LogP contribution in [0.4, 0.5) is 0 Å². The Balaban J connectivity index is 2.23. The van der Waals surface area contributed by atoms with E-state index in [0.29, 0.717) is 6.04 Å². The van der Waals surface area contributed by atoms with Crippen molar-refractivity contribution in [2.24, 2.45) is 10.9 Å². The summed E-state index contributed by atoms with van der Waals surface area (Å²) in [5, 5.41) is 6.83. The molecule has 0 amide bonds. The summed E-state index contributed by atoms with van der Waals surface area (Å²) < 4.78 is 0. The highest BCUT2D eigenvalue weighted by molar-refractivity contribution is 5.79. The first-order valence-corrected chi connectivity index (χ1v) is 6.81. The number of guanidine groups is 1. The van der Waals surface area contributed by atoms with Crippen molar-refractivity contribution in [2.75, 3.05) is 33.7 Å². The first-order chi connectivity index (χ1) is 8.15. The minimum Gasteiger partial charge on any atom is -0.356 e. The number of hydrogen-bond donors (Lipinski definition) is 2. The third-order valence-corrected chi connectivity index (χ3v) is 3.62. The van der Waals surface area contributed by atoms with Crippen molar-refractivity contribution in [1.29, 1.82) is 0 Å². The van der Waals surface area contributed by atoms with E-state index in [9.17, 15) is 0 Å². The molecule has 0 radical (unpaired) electrons. The maximum absolute atomic E-state index is 4.26. The predicted octanol–water partition coefficient (Wildman–Crippen LogP) is 1.29. The van der Waals surface area contributed by atoms with Crippen molar-refractivity contribution in [3.05, 3.63) is 0 Å². The van der Waals surface area contributed by atoms with Crippen LogP contribution in [0.5, 0.6) is 0 Å². The van der Waals surface area contributed by atoms with Gasteiger partial charge in [-0.25, -0.2) is 0 Å². The van der Waals surface area contributed by atoms with Crippen molar-refractivity contribution in [3.8, 4) is 0 Å². The Labute approximate surface area is 106 Å². The fraction of sp³-hybridized carbons (Fsp3) is 0.923. The fourth-order valence-corrected chi connectivity index (χ4v) is 2.04. The van der Waals surface area contributed by atoms with Gasteiger partial charge in [0.1, 0.15) is 0 Å². The highest BCUT2D eigenvalue weighted by atomic mass is 15.2. The predicted molar refractivity (Wildman–Crippen MR) is 74.5 cm³/mol. The summed E-state index contributed by atoms with van der Waals surface area (Å²) >= 11 is 0. The third kappa shape index (κ3) is 5.39. The average Bonchev–Trinajstić information content (AvgIpc) is 2.36. The van der Waals surface area contributed by atoms with E-state index in [-0.39, 0.29) is 0 Å². The maximum atomic E-state index is 4.26. The third-order valence-electron chi connectivity index (χ3n) is 3.62. The second-order valence-corrected chi connectivity index (χ2v) is 5.15. The van der Waals surface area contributed by atoms with Crippen molar-refractivity contribution in [2.45, 2.75) is 39.2 Å². The molecule has 4 heteroatoms. The van der Waals surface area contributed by atoms with Gasteiger partial charge >= 0.3 is 0 Å². The molecule has 0 aliphatic carbocycles. The van der Waals surface area contributed by atoms with Crippen LogP contribution in [0.3, 0.4) is 0 Å². The molecular weight excluding hydrogens is 212 g/mol. The molecule has 1 aliphatic rings. The molecule has 0 saturated carbocycles. The molecule has 0 aromatic rings. The standard InChI is InChI=1S/C13H28N4/c1-5-11(2)16-13(14-3)15-10-12-6-8-17(4)9-7-12/h11-12H,5-10H2,1-4H3,(H2,14,15,16). The van der Waals surface area contributed by atoms with E-state index in [1.165, 1.54) is 25.9 Å². The van der Waals surface area contributed by atoms with Crippen LogP contribution in [-0.2, 0) is 0 Å². The molecule has 1 aliphatic heterocycles. The van der Waals surface area contributed by atoms with E-state index in [1.54, 1.807) is 0 Å². The Kier molecular flexibility index (Phi) is 6.34. The quantitative estimate of drug-likeness (QED) is 0.574. The highest BCUT2D eigenvalue weighted by Gasteiger charge is 2.16. The Morgan fingerprint density at radius 1 is 1.41 bits per heavy atom. The average molecular weight is 240 g/mol. The topological polar surface area (TPSA) is 39.7 Å². The Morgan fingerprint density at radius 2 is 2.06 bits per heavy atom. The van der Waals surface area contributed by atoms with Crippen LogP contribution in [0, 0.1) is 5.92 Å². The summed E-state index contributed by atoms with van der Waals surface area (Å²) in [5.41, 5.74) is 0. The molecular formula is C13H28N4. The van der Waals surface area contributed by atoms with Crippen molar-refractivity contribution in [3.63, 3.8) is 0 Å². The number of aliphatic imine (C=N–C) groups is 1. The Bertz CT molecular complexity index is 232. The molecule has 0 bridgehead atoms. The van der Waals surface area contributed by atoms with Crippen LogP contribution in [0.25, 0.3) is 0 Å². The molecule has 0 spiro atoms.